The quantitative estimate of drug-likeness (QED) is 0.884. The Morgan fingerprint density at radius 2 is 2.00 bits per heavy atom. The van der Waals surface area contributed by atoms with E-state index >= 15 is 0 Å². The summed E-state index contributed by atoms with van der Waals surface area (Å²) in [7, 11) is 0. The SMILES string of the molecule is Cl.N[C@@H](CC(=O)O)c1ccc2c(c1)OC(F)(F)O2. The highest BCUT2D eigenvalue weighted by atomic mass is 35.5. The highest BCUT2D eigenvalue weighted by molar-refractivity contribution is 5.85. The molecule has 0 radical (unpaired) electrons. The van der Waals surface area contributed by atoms with Crippen LogP contribution in [0.2, 0.25) is 0 Å². The third-order valence-electron chi connectivity index (χ3n) is 2.25. The van der Waals surface area contributed by atoms with Crippen LogP contribution in [-0.4, -0.2) is 17.4 Å². The fourth-order valence-electron chi connectivity index (χ4n) is 1.50. The van der Waals surface area contributed by atoms with Gasteiger partial charge in [0.25, 0.3) is 0 Å². The summed E-state index contributed by atoms with van der Waals surface area (Å²) in [5, 5.41) is 8.57. The molecule has 0 aliphatic carbocycles. The first-order valence-corrected chi connectivity index (χ1v) is 4.74. The third kappa shape index (κ3) is 2.99. The zero-order valence-electron chi connectivity index (χ0n) is 8.93. The first-order valence-electron chi connectivity index (χ1n) is 4.74. The Balaban J connectivity index is 0.00000162. The van der Waals surface area contributed by atoms with Gasteiger partial charge in [0.05, 0.1) is 6.42 Å². The van der Waals surface area contributed by atoms with Crippen LogP contribution in [-0.2, 0) is 4.79 Å². The molecule has 1 aliphatic rings. The highest BCUT2D eigenvalue weighted by Crippen LogP contribution is 2.41. The number of carbonyl (C=O) groups is 1. The van der Waals surface area contributed by atoms with Gasteiger partial charge in [-0.25, -0.2) is 0 Å². The number of rotatable bonds is 3. The lowest BCUT2D eigenvalue weighted by Crippen LogP contribution is -2.25. The molecule has 0 amide bonds. The van der Waals surface area contributed by atoms with E-state index in [0.29, 0.717) is 5.56 Å². The van der Waals surface area contributed by atoms with Gasteiger partial charge in [-0.15, -0.1) is 21.2 Å². The normalized spacial score (nSPS) is 16.8. The number of benzene rings is 1. The molecule has 0 unspecified atom stereocenters. The molecule has 0 spiro atoms. The molecular formula is C10H10ClF2NO4. The largest absolute Gasteiger partial charge is 0.586 e. The van der Waals surface area contributed by atoms with E-state index in [9.17, 15) is 13.6 Å². The number of fused-ring (bicyclic) bond motifs is 1. The second kappa shape index (κ2) is 4.95. The molecule has 0 bridgehead atoms. The Morgan fingerprint density at radius 3 is 2.61 bits per heavy atom. The van der Waals surface area contributed by atoms with Gasteiger partial charge < -0.3 is 20.3 Å². The number of carboxylic acids is 1. The maximum atomic E-state index is 12.7. The van der Waals surface area contributed by atoms with Gasteiger partial charge in [-0.1, -0.05) is 6.07 Å². The zero-order valence-corrected chi connectivity index (χ0v) is 9.75. The fourth-order valence-corrected chi connectivity index (χ4v) is 1.50. The Morgan fingerprint density at radius 1 is 1.39 bits per heavy atom. The smallest absolute Gasteiger partial charge is 0.481 e. The maximum Gasteiger partial charge on any atom is 0.586 e. The molecule has 18 heavy (non-hydrogen) atoms. The molecule has 2 rings (SSSR count). The Hall–Kier alpha value is -1.60. The predicted octanol–water partition coefficient (Wildman–Crippen LogP) is 1.90. The van der Waals surface area contributed by atoms with E-state index in [-0.39, 0.29) is 30.3 Å². The lowest BCUT2D eigenvalue weighted by molar-refractivity contribution is -0.286. The number of nitrogens with two attached hydrogens (primary N) is 1. The molecule has 0 fully saturated rings. The standard InChI is InChI=1S/C10H9F2NO4.ClH/c11-10(12)16-7-2-1-5(3-8(7)17-10)6(13)4-9(14)15;/h1-3,6H,4,13H2,(H,14,15);1H/t6-;/m0./s1. The van der Waals surface area contributed by atoms with Crippen molar-refractivity contribution in [2.75, 3.05) is 0 Å². The molecule has 0 saturated carbocycles. The van der Waals surface area contributed by atoms with Crippen LogP contribution in [0.3, 0.4) is 0 Å². The van der Waals surface area contributed by atoms with Gasteiger partial charge in [-0.3, -0.25) is 4.79 Å². The summed E-state index contributed by atoms with van der Waals surface area (Å²) in [6.45, 7) is 0. The molecule has 8 heteroatoms. The van der Waals surface area contributed by atoms with Crippen LogP contribution in [0.25, 0.3) is 0 Å². The van der Waals surface area contributed by atoms with E-state index in [2.05, 4.69) is 9.47 Å². The van der Waals surface area contributed by atoms with E-state index in [1.165, 1.54) is 18.2 Å². The Labute approximate surface area is 107 Å². The average Bonchev–Trinajstić information content (AvgIpc) is 2.48. The monoisotopic (exact) mass is 281 g/mol. The van der Waals surface area contributed by atoms with E-state index < -0.39 is 18.3 Å². The van der Waals surface area contributed by atoms with Crippen molar-refractivity contribution in [2.24, 2.45) is 5.73 Å². The van der Waals surface area contributed by atoms with Crippen LogP contribution in [0.1, 0.15) is 18.0 Å². The third-order valence-corrected chi connectivity index (χ3v) is 2.25. The first kappa shape index (κ1) is 14.5. The van der Waals surface area contributed by atoms with E-state index in [4.69, 9.17) is 10.8 Å². The summed E-state index contributed by atoms with van der Waals surface area (Å²) < 4.78 is 33.8. The summed E-state index contributed by atoms with van der Waals surface area (Å²) in [6.07, 6.45) is -3.98. The highest BCUT2D eigenvalue weighted by Gasteiger charge is 2.43. The van der Waals surface area contributed by atoms with Crippen LogP contribution in [0.4, 0.5) is 8.78 Å². The van der Waals surface area contributed by atoms with E-state index in [1.807, 2.05) is 0 Å². The summed E-state index contributed by atoms with van der Waals surface area (Å²) in [4.78, 5) is 10.5. The van der Waals surface area contributed by atoms with Gasteiger partial charge in [0.2, 0.25) is 0 Å². The van der Waals surface area contributed by atoms with Gasteiger partial charge in [0.15, 0.2) is 11.5 Å². The molecular weight excluding hydrogens is 272 g/mol. The maximum absolute atomic E-state index is 12.7. The van der Waals surface area contributed by atoms with E-state index in [0.717, 1.165) is 0 Å². The van der Waals surface area contributed by atoms with Crippen LogP contribution in [0.15, 0.2) is 18.2 Å². The van der Waals surface area contributed by atoms with Crippen molar-refractivity contribution >= 4 is 18.4 Å². The Bertz CT molecular complexity index is 469. The number of carboxylic acid groups (broad SMARTS) is 1. The van der Waals surface area contributed by atoms with Gasteiger partial charge in [0.1, 0.15) is 0 Å². The van der Waals surface area contributed by atoms with Crippen molar-refractivity contribution in [2.45, 2.75) is 18.8 Å². The topological polar surface area (TPSA) is 81.8 Å². The lowest BCUT2D eigenvalue weighted by Gasteiger charge is -2.09. The molecule has 1 aromatic rings. The summed E-state index contributed by atoms with van der Waals surface area (Å²) >= 11 is 0. The molecule has 1 atom stereocenters. The number of halogens is 3. The second-order valence-corrected chi connectivity index (χ2v) is 3.58. The minimum atomic E-state index is -3.68. The predicted molar refractivity (Wildman–Crippen MR) is 59.1 cm³/mol. The van der Waals surface area contributed by atoms with Crippen LogP contribution in [0, 0.1) is 0 Å². The summed E-state index contributed by atoms with van der Waals surface area (Å²) in [5.41, 5.74) is 5.99. The molecule has 0 aromatic heterocycles. The van der Waals surface area contributed by atoms with E-state index in [1.54, 1.807) is 0 Å². The number of hydrogen-bond donors (Lipinski definition) is 2. The van der Waals surface area contributed by atoms with Crippen molar-refractivity contribution in [3.63, 3.8) is 0 Å². The minimum Gasteiger partial charge on any atom is -0.481 e. The molecule has 100 valence electrons. The summed E-state index contributed by atoms with van der Waals surface area (Å²) in [6, 6.07) is 3.17. The van der Waals surface area contributed by atoms with Gasteiger partial charge >= 0.3 is 12.3 Å². The molecule has 1 aliphatic heterocycles. The van der Waals surface area contributed by atoms with Gasteiger partial charge in [-0.2, -0.15) is 0 Å². The number of ether oxygens (including phenoxy) is 2. The zero-order chi connectivity index (χ0) is 12.6. The molecule has 5 nitrogen and oxygen atoms in total. The number of hydrogen-bond acceptors (Lipinski definition) is 4. The van der Waals surface area contributed by atoms with Crippen LogP contribution < -0.4 is 15.2 Å². The second-order valence-electron chi connectivity index (χ2n) is 3.58. The molecule has 0 saturated heterocycles. The van der Waals surface area contributed by atoms with Crippen LogP contribution in [0.5, 0.6) is 11.5 Å². The summed E-state index contributed by atoms with van der Waals surface area (Å²) in [5.74, 6) is -1.31. The Kier molecular flexibility index (Phi) is 3.98. The van der Waals surface area contributed by atoms with Gasteiger partial charge in [0, 0.05) is 6.04 Å². The molecule has 1 heterocycles. The molecule has 1 aromatic carbocycles. The van der Waals surface area contributed by atoms with Crippen molar-refractivity contribution in [1.82, 2.24) is 0 Å². The van der Waals surface area contributed by atoms with Crippen molar-refractivity contribution in [1.29, 1.82) is 0 Å². The number of aliphatic carboxylic acids is 1. The van der Waals surface area contributed by atoms with Crippen molar-refractivity contribution in [3.05, 3.63) is 23.8 Å². The lowest BCUT2D eigenvalue weighted by atomic mass is 10.0. The van der Waals surface area contributed by atoms with Gasteiger partial charge in [-0.05, 0) is 17.7 Å². The number of alkyl halides is 2. The average molecular weight is 282 g/mol. The van der Waals surface area contributed by atoms with Crippen molar-refractivity contribution in [3.8, 4) is 11.5 Å². The van der Waals surface area contributed by atoms with Crippen molar-refractivity contribution < 1.29 is 28.2 Å². The minimum absolute atomic E-state index is 0. The molecule has 3 N–H and O–H groups in total. The van der Waals surface area contributed by atoms with Crippen LogP contribution >= 0.6 is 12.4 Å². The fraction of sp³-hybridized carbons (Fsp3) is 0.300. The first-order chi connectivity index (χ1) is 7.87.